The number of aromatic nitrogens is 2. The number of hydrogen-bond donors (Lipinski definition) is 1. The smallest absolute Gasteiger partial charge is 0.170 e. The maximum absolute atomic E-state index is 4.47. The molecule has 1 aliphatic carbocycles. The molecule has 1 fully saturated rings. The van der Waals surface area contributed by atoms with Crippen LogP contribution in [0.2, 0.25) is 0 Å². The second-order valence-corrected chi connectivity index (χ2v) is 6.80. The van der Waals surface area contributed by atoms with Crippen molar-refractivity contribution in [3.8, 4) is 0 Å². The van der Waals surface area contributed by atoms with Gasteiger partial charge in [0.25, 0.3) is 0 Å². The van der Waals surface area contributed by atoms with Crippen molar-refractivity contribution >= 4 is 23.3 Å². The van der Waals surface area contributed by atoms with Gasteiger partial charge in [-0.25, -0.2) is 4.98 Å². The summed E-state index contributed by atoms with van der Waals surface area (Å²) in [6.45, 7) is 5.23. The summed E-state index contributed by atoms with van der Waals surface area (Å²) in [7, 11) is 0. The third-order valence-corrected chi connectivity index (χ3v) is 5.46. The van der Waals surface area contributed by atoms with Gasteiger partial charge < -0.3 is 5.32 Å². The number of thioether (sulfide) groups is 1. The van der Waals surface area contributed by atoms with E-state index >= 15 is 0 Å². The molecule has 5 heteroatoms. The third kappa shape index (κ3) is 3.93. The molecule has 1 aliphatic rings. The zero-order valence-corrected chi connectivity index (χ0v) is 12.2. The highest BCUT2D eigenvalue weighted by molar-refractivity contribution is 8.01. The normalized spacial score (nSPS) is 25.8. The van der Waals surface area contributed by atoms with E-state index in [1.165, 1.54) is 32.1 Å². The summed E-state index contributed by atoms with van der Waals surface area (Å²) < 4.78 is 5.40. The Morgan fingerprint density at radius 2 is 2.18 bits per heavy atom. The summed E-state index contributed by atoms with van der Waals surface area (Å²) >= 11 is 3.47. The van der Waals surface area contributed by atoms with E-state index in [-0.39, 0.29) is 0 Å². The summed E-state index contributed by atoms with van der Waals surface area (Å²) in [5, 5.41) is 4.31. The molecule has 0 saturated heterocycles. The average Bonchev–Trinajstić information content (AvgIpc) is 2.58. The Morgan fingerprint density at radius 1 is 1.35 bits per heavy atom. The van der Waals surface area contributed by atoms with Crippen LogP contribution in [0.25, 0.3) is 0 Å². The van der Waals surface area contributed by atoms with E-state index in [1.807, 2.05) is 18.7 Å². The van der Waals surface area contributed by atoms with E-state index < -0.39 is 0 Å². The van der Waals surface area contributed by atoms with Crippen LogP contribution in [-0.4, -0.2) is 27.2 Å². The molecular weight excluding hydrogens is 250 g/mol. The molecule has 17 heavy (non-hydrogen) atoms. The molecule has 96 valence electrons. The van der Waals surface area contributed by atoms with Crippen LogP contribution in [-0.2, 0) is 0 Å². The van der Waals surface area contributed by atoms with Crippen LogP contribution < -0.4 is 5.32 Å². The minimum atomic E-state index is 0.650. The Balaban J connectivity index is 1.99. The van der Waals surface area contributed by atoms with Gasteiger partial charge in [0.05, 0.1) is 0 Å². The van der Waals surface area contributed by atoms with Gasteiger partial charge in [0, 0.05) is 11.3 Å². The van der Waals surface area contributed by atoms with Gasteiger partial charge in [0.1, 0.15) is 5.82 Å². The molecule has 1 heterocycles. The lowest BCUT2D eigenvalue weighted by atomic mass is 10.1. The molecule has 1 aromatic rings. The fourth-order valence-electron chi connectivity index (χ4n) is 2.37. The van der Waals surface area contributed by atoms with Gasteiger partial charge >= 0.3 is 0 Å². The molecule has 1 aromatic heterocycles. The van der Waals surface area contributed by atoms with E-state index in [0.717, 1.165) is 16.7 Å². The van der Waals surface area contributed by atoms with Gasteiger partial charge in [0.2, 0.25) is 0 Å². The van der Waals surface area contributed by atoms with Crippen LogP contribution >= 0.6 is 23.3 Å². The summed E-state index contributed by atoms with van der Waals surface area (Å²) in [6, 6.07) is 0.650. The molecule has 0 spiro atoms. The highest BCUT2D eigenvalue weighted by atomic mass is 32.2. The minimum absolute atomic E-state index is 0.650. The third-order valence-electron chi connectivity index (χ3n) is 3.18. The predicted octanol–water partition coefficient (Wildman–Crippen LogP) is 3.25. The maximum atomic E-state index is 4.47. The summed E-state index contributed by atoms with van der Waals surface area (Å²) in [5.41, 5.74) is 0. The average molecular weight is 271 g/mol. The Labute approximate surface area is 112 Å². The van der Waals surface area contributed by atoms with Gasteiger partial charge in [-0.05, 0) is 37.8 Å². The van der Waals surface area contributed by atoms with Crippen LogP contribution in [0.15, 0.2) is 4.34 Å². The van der Waals surface area contributed by atoms with Crippen molar-refractivity contribution in [1.29, 1.82) is 0 Å². The van der Waals surface area contributed by atoms with Crippen molar-refractivity contribution in [2.24, 2.45) is 0 Å². The quantitative estimate of drug-likeness (QED) is 0.853. The Kier molecular flexibility index (Phi) is 5.25. The molecule has 3 nitrogen and oxygen atoms in total. The van der Waals surface area contributed by atoms with Crippen molar-refractivity contribution in [3.63, 3.8) is 0 Å². The van der Waals surface area contributed by atoms with Gasteiger partial charge in [0.15, 0.2) is 4.34 Å². The predicted molar refractivity (Wildman–Crippen MR) is 74.8 cm³/mol. The van der Waals surface area contributed by atoms with Crippen molar-refractivity contribution in [3.05, 3.63) is 5.82 Å². The second kappa shape index (κ2) is 6.71. The number of hydrogen-bond acceptors (Lipinski definition) is 5. The first-order chi connectivity index (χ1) is 8.29. The van der Waals surface area contributed by atoms with Crippen LogP contribution in [0.3, 0.4) is 0 Å². The molecule has 1 N–H and O–H groups in total. The molecule has 1 saturated carbocycles. The molecule has 2 rings (SSSR count). The first-order valence-electron chi connectivity index (χ1n) is 6.50. The first kappa shape index (κ1) is 13.3. The summed E-state index contributed by atoms with van der Waals surface area (Å²) in [4.78, 5) is 4.47. The molecule has 0 aromatic carbocycles. The summed E-state index contributed by atoms with van der Waals surface area (Å²) in [5.74, 6) is 0.908. The van der Waals surface area contributed by atoms with E-state index in [4.69, 9.17) is 0 Å². The lowest BCUT2D eigenvalue weighted by Gasteiger charge is -2.24. The van der Waals surface area contributed by atoms with E-state index in [1.54, 1.807) is 11.5 Å². The van der Waals surface area contributed by atoms with Crippen LogP contribution in [0, 0.1) is 6.92 Å². The van der Waals surface area contributed by atoms with Crippen LogP contribution in [0.5, 0.6) is 0 Å². The van der Waals surface area contributed by atoms with E-state index in [2.05, 4.69) is 21.6 Å². The van der Waals surface area contributed by atoms with Crippen molar-refractivity contribution in [1.82, 2.24) is 14.7 Å². The standard InChI is InChI=1S/C12H21N3S2/c1-3-13-10-7-5-4-6-8-11(10)16-12-14-9(2)15-17-12/h10-11,13H,3-8H2,1-2H3. The van der Waals surface area contributed by atoms with Crippen molar-refractivity contribution in [2.45, 2.75) is 61.6 Å². The maximum Gasteiger partial charge on any atom is 0.170 e. The summed E-state index contributed by atoms with van der Waals surface area (Å²) in [6.07, 6.45) is 6.72. The van der Waals surface area contributed by atoms with Crippen molar-refractivity contribution in [2.75, 3.05) is 6.54 Å². The largest absolute Gasteiger partial charge is 0.313 e. The fraction of sp³-hybridized carbons (Fsp3) is 0.833. The van der Waals surface area contributed by atoms with Gasteiger partial charge in [-0.3, -0.25) is 0 Å². The molecule has 0 bridgehead atoms. The van der Waals surface area contributed by atoms with E-state index in [0.29, 0.717) is 11.3 Å². The van der Waals surface area contributed by atoms with Gasteiger partial charge in [-0.15, -0.1) is 0 Å². The Bertz CT molecular complexity index is 340. The minimum Gasteiger partial charge on any atom is -0.313 e. The lowest BCUT2D eigenvalue weighted by molar-refractivity contribution is 0.482. The van der Waals surface area contributed by atoms with Crippen LogP contribution in [0.4, 0.5) is 0 Å². The van der Waals surface area contributed by atoms with Crippen molar-refractivity contribution < 1.29 is 0 Å². The fourth-order valence-corrected chi connectivity index (χ4v) is 4.57. The monoisotopic (exact) mass is 271 g/mol. The zero-order chi connectivity index (χ0) is 12.1. The van der Waals surface area contributed by atoms with E-state index in [9.17, 15) is 0 Å². The second-order valence-electron chi connectivity index (χ2n) is 4.57. The van der Waals surface area contributed by atoms with Crippen LogP contribution in [0.1, 0.15) is 44.9 Å². The molecule has 2 atom stereocenters. The highest BCUT2D eigenvalue weighted by Gasteiger charge is 2.24. The molecule has 0 amide bonds. The Morgan fingerprint density at radius 3 is 2.88 bits per heavy atom. The molecule has 2 unspecified atom stereocenters. The highest BCUT2D eigenvalue weighted by Crippen LogP contribution is 2.33. The SMILES string of the molecule is CCNC1CCCCCC1Sc1nc(C)ns1. The number of aryl methyl sites for hydroxylation is 1. The Hall–Kier alpha value is -0.130. The number of rotatable bonds is 4. The lowest BCUT2D eigenvalue weighted by Crippen LogP contribution is -2.37. The number of nitrogens with one attached hydrogen (secondary N) is 1. The topological polar surface area (TPSA) is 37.8 Å². The molecular formula is C12H21N3S2. The molecule has 0 aliphatic heterocycles. The van der Waals surface area contributed by atoms with Gasteiger partial charge in [-0.1, -0.05) is 37.9 Å². The number of nitrogens with zero attached hydrogens (tertiary/aromatic N) is 2. The first-order valence-corrected chi connectivity index (χ1v) is 8.15. The van der Waals surface area contributed by atoms with Gasteiger partial charge in [-0.2, -0.15) is 4.37 Å². The molecule has 0 radical (unpaired) electrons. The zero-order valence-electron chi connectivity index (χ0n) is 10.6.